The van der Waals surface area contributed by atoms with Crippen LogP contribution < -0.4 is 11.1 Å². The van der Waals surface area contributed by atoms with E-state index in [1.165, 1.54) is 6.33 Å². The second kappa shape index (κ2) is 6.10. The fourth-order valence-corrected chi connectivity index (χ4v) is 1.71. The molecule has 8 heteroatoms. The van der Waals surface area contributed by atoms with E-state index in [1.54, 1.807) is 10.9 Å². The predicted octanol–water partition coefficient (Wildman–Crippen LogP) is -0.412. The minimum atomic E-state index is -0.173. The molecule has 0 bridgehead atoms. The Morgan fingerprint density at radius 3 is 3.11 bits per heavy atom. The van der Waals surface area contributed by atoms with Gasteiger partial charge in [-0.3, -0.25) is 14.6 Å². The van der Waals surface area contributed by atoms with Crippen molar-refractivity contribution in [1.29, 1.82) is 0 Å². The SMILES string of the molecule is Cc1c(C(=O)NCc2ncn[nH]2)cnn1CCCN. The van der Waals surface area contributed by atoms with Gasteiger partial charge in [-0.25, -0.2) is 4.98 Å². The maximum Gasteiger partial charge on any atom is 0.255 e. The Kier molecular flexibility index (Phi) is 4.24. The molecule has 0 unspecified atom stereocenters. The van der Waals surface area contributed by atoms with Gasteiger partial charge in [0.1, 0.15) is 12.2 Å². The molecule has 0 aliphatic carbocycles. The molecule has 0 saturated heterocycles. The molecule has 1 amide bonds. The fraction of sp³-hybridized carbons (Fsp3) is 0.455. The molecule has 102 valence electrons. The molecule has 0 saturated carbocycles. The van der Waals surface area contributed by atoms with Gasteiger partial charge >= 0.3 is 0 Å². The third kappa shape index (κ3) is 3.16. The largest absolute Gasteiger partial charge is 0.345 e. The second-order valence-electron chi connectivity index (χ2n) is 4.12. The van der Waals surface area contributed by atoms with Gasteiger partial charge in [0.15, 0.2) is 0 Å². The lowest BCUT2D eigenvalue weighted by Crippen LogP contribution is -2.24. The fourth-order valence-electron chi connectivity index (χ4n) is 1.71. The third-order valence-electron chi connectivity index (χ3n) is 2.80. The van der Waals surface area contributed by atoms with E-state index in [0.717, 1.165) is 18.7 Å². The normalized spacial score (nSPS) is 10.6. The van der Waals surface area contributed by atoms with E-state index in [-0.39, 0.29) is 5.91 Å². The molecule has 4 N–H and O–H groups in total. The number of carbonyl (C=O) groups is 1. The summed E-state index contributed by atoms with van der Waals surface area (Å²) in [6.45, 7) is 3.50. The van der Waals surface area contributed by atoms with Crippen molar-refractivity contribution in [3.63, 3.8) is 0 Å². The molecule has 2 rings (SSSR count). The first-order valence-corrected chi connectivity index (χ1v) is 6.07. The van der Waals surface area contributed by atoms with E-state index in [2.05, 4.69) is 25.6 Å². The smallest absolute Gasteiger partial charge is 0.255 e. The first kappa shape index (κ1) is 13.2. The molecule has 8 nitrogen and oxygen atoms in total. The van der Waals surface area contributed by atoms with Crippen LogP contribution in [0.15, 0.2) is 12.5 Å². The molecular weight excluding hydrogens is 246 g/mol. The second-order valence-corrected chi connectivity index (χ2v) is 4.12. The summed E-state index contributed by atoms with van der Waals surface area (Å²) in [5.41, 5.74) is 6.86. The molecule has 0 atom stereocenters. The van der Waals surface area contributed by atoms with E-state index in [0.29, 0.717) is 24.5 Å². The Morgan fingerprint density at radius 1 is 1.58 bits per heavy atom. The molecule has 0 radical (unpaired) electrons. The molecule has 0 fully saturated rings. The van der Waals surface area contributed by atoms with Crippen LogP contribution >= 0.6 is 0 Å². The van der Waals surface area contributed by atoms with Crippen LogP contribution in [-0.4, -0.2) is 37.4 Å². The van der Waals surface area contributed by atoms with Gasteiger partial charge < -0.3 is 11.1 Å². The Morgan fingerprint density at radius 2 is 2.42 bits per heavy atom. The topological polar surface area (TPSA) is 115 Å². The van der Waals surface area contributed by atoms with E-state index >= 15 is 0 Å². The number of nitrogens with zero attached hydrogens (tertiary/aromatic N) is 4. The van der Waals surface area contributed by atoms with Gasteiger partial charge in [-0.15, -0.1) is 0 Å². The van der Waals surface area contributed by atoms with E-state index < -0.39 is 0 Å². The number of aromatic nitrogens is 5. The first-order chi connectivity index (χ1) is 9.22. The zero-order chi connectivity index (χ0) is 13.7. The Hall–Kier alpha value is -2.22. The van der Waals surface area contributed by atoms with Crippen molar-refractivity contribution in [2.24, 2.45) is 5.73 Å². The summed E-state index contributed by atoms with van der Waals surface area (Å²) in [6, 6.07) is 0. The number of amides is 1. The van der Waals surface area contributed by atoms with Gasteiger partial charge in [0, 0.05) is 12.2 Å². The summed E-state index contributed by atoms with van der Waals surface area (Å²) in [6.07, 6.45) is 3.81. The molecule has 19 heavy (non-hydrogen) atoms. The molecule has 0 aliphatic rings. The molecule has 0 spiro atoms. The summed E-state index contributed by atoms with van der Waals surface area (Å²) in [4.78, 5) is 15.9. The Bertz CT molecular complexity index is 531. The minimum absolute atomic E-state index is 0.173. The number of hydrogen-bond donors (Lipinski definition) is 3. The monoisotopic (exact) mass is 263 g/mol. The number of carbonyl (C=O) groups excluding carboxylic acids is 1. The molecule has 0 aromatic carbocycles. The number of nitrogens with two attached hydrogens (primary N) is 1. The van der Waals surface area contributed by atoms with Crippen molar-refractivity contribution in [2.45, 2.75) is 26.4 Å². The highest BCUT2D eigenvalue weighted by atomic mass is 16.1. The summed E-state index contributed by atoms with van der Waals surface area (Å²) >= 11 is 0. The predicted molar refractivity (Wildman–Crippen MR) is 68.2 cm³/mol. The Balaban J connectivity index is 1.97. The number of aryl methyl sites for hydroxylation is 1. The standard InChI is InChI=1S/C11H17N7O/c1-8-9(5-16-18(8)4-2-3-12)11(19)13-6-10-14-7-15-17-10/h5,7H,2-4,6,12H2,1H3,(H,13,19)(H,14,15,17). The highest BCUT2D eigenvalue weighted by Gasteiger charge is 2.13. The molecule has 2 aromatic rings. The van der Waals surface area contributed by atoms with Crippen LogP contribution in [0, 0.1) is 6.92 Å². The van der Waals surface area contributed by atoms with Gasteiger partial charge in [0.05, 0.1) is 18.3 Å². The lowest BCUT2D eigenvalue weighted by Gasteiger charge is -2.05. The first-order valence-electron chi connectivity index (χ1n) is 6.07. The van der Waals surface area contributed by atoms with Crippen LogP contribution in [0.5, 0.6) is 0 Å². The van der Waals surface area contributed by atoms with E-state index in [4.69, 9.17) is 5.73 Å². The van der Waals surface area contributed by atoms with Crippen molar-refractivity contribution in [3.05, 3.63) is 29.6 Å². The van der Waals surface area contributed by atoms with Crippen LogP contribution in [0.25, 0.3) is 0 Å². The van der Waals surface area contributed by atoms with Gasteiger partial charge in [0.25, 0.3) is 5.91 Å². The van der Waals surface area contributed by atoms with Crippen LogP contribution in [-0.2, 0) is 13.1 Å². The quantitative estimate of drug-likeness (QED) is 0.655. The zero-order valence-corrected chi connectivity index (χ0v) is 10.8. The summed E-state index contributed by atoms with van der Waals surface area (Å²) < 4.78 is 1.79. The minimum Gasteiger partial charge on any atom is -0.345 e. The van der Waals surface area contributed by atoms with Gasteiger partial charge in [-0.2, -0.15) is 10.2 Å². The average molecular weight is 263 g/mol. The highest BCUT2D eigenvalue weighted by molar-refractivity contribution is 5.94. The zero-order valence-electron chi connectivity index (χ0n) is 10.8. The summed E-state index contributed by atoms with van der Waals surface area (Å²) in [7, 11) is 0. The average Bonchev–Trinajstić information content (AvgIpc) is 3.03. The van der Waals surface area contributed by atoms with Gasteiger partial charge in [0.2, 0.25) is 0 Å². The van der Waals surface area contributed by atoms with Gasteiger partial charge in [-0.1, -0.05) is 0 Å². The number of hydrogen-bond acceptors (Lipinski definition) is 5. The number of H-pyrrole nitrogens is 1. The van der Waals surface area contributed by atoms with Crippen molar-refractivity contribution in [3.8, 4) is 0 Å². The van der Waals surface area contributed by atoms with Crippen LogP contribution in [0.1, 0.15) is 28.3 Å². The number of nitrogens with one attached hydrogen (secondary N) is 2. The lowest BCUT2D eigenvalue weighted by atomic mass is 10.2. The van der Waals surface area contributed by atoms with Crippen LogP contribution in [0.4, 0.5) is 0 Å². The summed E-state index contributed by atoms with van der Waals surface area (Å²) in [5, 5.41) is 13.3. The maximum atomic E-state index is 12.0. The van der Waals surface area contributed by atoms with E-state index in [9.17, 15) is 4.79 Å². The molecule has 2 heterocycles. The van der Waals surface area contributed by atoms with Crippen molar-refractivity contribution < 1.29 is 4.79 Å². The molecule has 0 aliphatic heterocycles. The third-order valence-corrected chi connectivity index (χ3v) is 2.80. The van der Waals surface area contributed by atoms with Crippen molar-refractivity contribution in [1.82, 2.24) is 30.3 Å². The maximum absolute atomic E-state index is 12.0. The summed E-state index contributed by atoms with van der Waals surface area (Å²) in [5.74, 6) is 0.439. The number of aromatic amines is 1. The van der Waals surface area contributed by atoms with Crippen LogP contribution in [0.2, 0.25) is 0 Å². The molecular formula is C11H17N7O. The number of rotatable bonds is 6. The lowest BCUT2D eigenvalue weighted by molar-refractivity contribution is 0.0949. The van der Waals surface area contributed by atoms with Crippen molar-refractivity contribution in [2.75, 3.05) is 6.54 Å². The van der Waals surface area contributed by atoms with Gasteiger partial charge in [-0.05, 0) is 19.9 Å². The highest BCUT2D eigenvalue weighted by Crippen LogP contribution is 2.07. The molecule has 2 aromatic heterocycles. The van der Waals surface area contributed by atoms with Crippen molar-refractivity contribution >= 4 is 5.91 Å². The van der Waals surface area contributed by atoms with Crippen LogP contribution in [0.3, 0.4) is 0 Å². The Labute approximate surface area is 110 Å². The van der Waals surface area contributed by atoms with E-state index in [1.807, 2.05) is 6.92 Å².